The van der Waals surface area contributed by atoms with E-state index in [0.717, 1.165) is 10.5 Å². The molecular weight excluding hydrogens is 339 g/mol. The summed E-state index contributed by atoms with van der Waals surface area (Å²) in [6.45, 7) is 3.86. The molecule has 0 aromatic rings. The molecule has 2 fully saturated rings. The van der Waals surface area contributed by atoms with E-state index in [4.69, 9.17) is 0 Å². The average molecular weight is 364 g/mol. The molecule has 1 N–H and O–H groups in total. The second-order valence-corrected chi connectivity index (χ2v) is 9.87. The minimum atomic E-state index is -1.79. The molecule has 0 aliphatic heterocycles. The molecule has 3 nitrogen and oxygen atoms in total. The first-order valence-electron chi connectivity index (χ1n) is 9.00. The Labute approximate surface area is 150 Å². The van der Waals surface area contributed by atoms with Crippen molar-refractivity contribution in [3.8, 4) is 0 Å². The van der Waals surface area contributed by atoms with Gasteiger partial charge in [0.2, 0.25) is 0 Å². The van der Waals surface area contributed by atoms with Crippen molar-refractivity contribution in [3.05, 3.63) is 34.8 Å². The maximum absolute atomic E-state index is 16.6. The van der Waals surface area contributed by atoms with Gasteiger partial charge in [-0.1, -0.05) is 24.6 Å². The van der Waals surface area contributed by atoms with E-state index in [0.29, 0.717) is 19.3 Å². The Morgan fingerprint density at radius 2 is 2.04 bits per heavy atom. The Balaban J connectivity index is 1.81. The van der Waals surface area contributed by atoms with Crippen molar-refractivity contribution in [1.29, 1.82) is 0 Å². The number of hydrogen-bond donors (Lipinski definition) is 1. The van der Waals surface area contributed by atoms with Gasteiger partial charge >= 0.3 is 0 Å². The molecule has 4 rings (SSSR count). The molecule has 0 bridgehead atoms. The van der Waals surface area contributed by atoms with Crippen LogP contribution < -0.4 is 0 Å². The van der Waals surface area contributed by atoms with Gasteiger partial charge in [0.25, 0.3) is 0 Å². The van der Waals surface area contributed by atoms with E-state index in [-0.39, 0.29) is 24.0 Å². The highest BCUT2D eigenvalue weighted by molar-refractivity contribution is 7.88. The largest absolute Gasteiger partial charge is 0.390 e. The summed E-state index contributed by atoms with van der Waals surface area (Å²) in [5.41, 5.74) is -2.35. The fraction of sp³-hybridized carbons (Fsp3) is 0.650. The number of carbonyl (C=O) groups is 1. The number of rotatable bonds is 1. The first-order valence-corrected chi connectivity index (χ1v) is 10.6. The molecule has 0 spiro atoms. The second kappa shape index (κ2) is 5.23. The van der Waals surface area contributed by atoms with Gasteiger partial charge < -0.3 is 5.11 Å². The topological polar surface area (TPSA) is 54.4 Å². The minimum absolute atomic E-state index is 0.0456. The van der Waals surface area contributed by atoms with Crippen LogP contribution in [0.3, 0.4) is 0 Å². The van der Waals surface area contributed by atoms with Gasteiger partial charge in [-0.2, -0.15) is 0 Å². The molecule has 2 unspecified atom stereocenters. The van der Waals surface area contributed by atoms with Gasteiger partial charge in [0.05, 0.1) is 6.10 Å². The molecule has 0 amide bonds. The number of fused-ring (bicyclic) bond motifs is 5. The van der Waals surface area contributed by atoms with Crippen molar-refractivity contribution in [1.82, 2.24) is 0 Å². The molecule has 0 radical (unpaired) electrons. The van der Waals surface area contributed by atoms with Gasteiger partial charge in [0.15, 0.2) is 11.5 Å². The van der Waals surface area contributed by atoms with Crippen molar-refractivity contribution in [3.63, 3.8) is 0 Å². The van der Waals surface area contributed by atoms with Crippen LogP contribution in [0.4, 0.5) is 4.39 Å². The van der Waals surface area contributed by atoms with Crippen molar-refractivity contribution in [2.45, 2.75) is 51.3 Å². The number of ketones is 1. The van der Waals surface area contributed by atoms with Gasteiger partial charge in [-0.15, -0.1) is 0 Å². The maximum Gasteiger partial charge on any atom is 0.178 e. The number of aliphatic hydroxyl groups is 1. The van der Waals surface area contributed by atoms with E-state index in [1.165, 1.54) is 6.08 Å². The monoisotopic (exact) mass is 364 g/mol. The molecule has 4 aliphatic carbocycles. The minimum Gasteiger partial charge on any atom is -0.390 e. The Morgan fingerprint density at radius 3 is 2.72 bits per heavy atom. The second-order valence-electron chi connectivity index (χ2n) is 8.52. The van der Waals surface area contributed by atoms with Crippen molar-refractivity contribution in [2.75, 3.05) is 6.26 Å². The summed E-state index contributed by atoms with van der Waals surface area (Å²) < 4.78 is 28.8. The lowest BCUT2D eigenvalue weighted by Gasteiger charge is -2.61. The lowest BCUT2D eigenvalue weighted by molar-refractivity contribution is -0.184. The molecule has 136 valence electrons. The summed E-state index contributed by atoms with van der Waals surface area (Å²) >= 11 is 0. The molecule has 25 heavy (non-hydrogen) atoms. The highest BCUT2D eigenvalue weighted by Gasteiger charge is 2.69. The first-order chi connectivity index (χ1) is 11.6. The summed E-state index contributed by atoms with van der Waals surface area (Å²) in [6, 6.07) is 0. The molecule has 0 aromatic carbocycles. The summed E-state index contributed by atoms with van der Waals surface area (Å²) in [7, 11) is -1.10. The van der Waals surface area contributed by atoms with Gasteiger partial charge in [-0.3, -0.25) is 9.00 Å². The first kappa shape index (κ1) is 17.3. The van der Waals surface area contributed by atoms with Gasteiger partial charge in [-0.25, -0.2) is 4.39 Å². The number of carbonyl (C=O) groups excluding carboxylic acids is 1. The maximum atomic E-state index is 16.6. The fourth-order valence-corrected chi connectivity index (χ4v) is 7.41. The Morgan fingerprint density at radius 1 is 1.32 bits per heavy atom. The van der Waals surface area contributed by atoms with Gasteiger partial charge in [0, 0.05) is 38.7 Å². The molecule has 7 atom stereocenters. The van der Waals surface area contributed by atoms with Crippen molar-refractivity contribution < 1.29 is 18.5 Å². The van der Waals surface area contributed by atoms with Crippen LogP contribution in [-0.2, 0) is 15.6 Å². The predicted octanol–water partition coefficient (Wildman–Crippen LogP) is 3.23. The van der Waals surface area contributed by atoms with Crippen LogP contribution in [0, 0.1) is 22.7 Å². The van der Waals surface area contributed by atoms with Crippen LogP contribution in [0.1, 0.15) is 39.5 Å². The van der Waals surface area contributed by atoms with Gasteiger partial charge in [-0.05, 0) is 50.7 Å². The summed E-state index contributed by atoms with van der Waals surface area (Å²) in [5.74, 6) is -0.362. The van der Waals surface area contributed by atoms with E-state index < -0.39 is 33.4 Å². The number of alkyl halides is 1. The van der Waals surface area contributed by atoms with Gasteiger partial charge in [0.1, 0.15) is 0 Å². The Bertz CT molecular complexity index is 769. The van der Waals surface area contributed by atoms with Crippen LogP contribution >= 0.6 is 0 Å². The SMILES string of the molecule is CS(=O)C1=CC[C@H]2[C@@H]3CCC4=CC(=O)C=C[C@]4(C)C3(F)[C@@H](O)C[C@]12C. The predicted molar refractivity (Wildman–Crippen MR) is 95.9 cm³/mol. The number of hydrogen-bond acceptors (Lipinski definition) is 3. The smallest absolute Gasteiger partial charge is 0.178 e. The number of halogens is 1. The van der Waals surface area contributed by atoms with Crippen LogP contribution in [0.15, 0.2) is 34.8 Å². The summed E-state index contributed by atoms with van der Waals surface area (Å²) in [4.78, 5) is 12.6. The van der Waals surface area contributed by atoms with Crippen molar-refractivity contribution >= 4 is 16.6 Å². The molecule has 4 aliphatic rings. The Hall–Kier alpha value is -1.07. The van der Waals surface area contributed by atoms with E-state index in [2.05, 4.69) is 0 Å². The standard InChI is InChI=1S/C20H25FO3S/c1-18-11-16(23)20(21)15(14(18)6-7-17(18)25(3)24)5-4-12-10-13(22)8-9-19(12,20)2/h7-10,14-16,23H,4-6,11H2,1-3H3/t14-,15-,16-,18-,19-,20?,25?/m0/s1. The number of aliphatic hydroxyl groups excluding tert-OH is 1. The lowest BCUT2D eigenvalue weighted by atomic mass is 9.46. The average Bonchev–Trinajstić information content (AvgIpc) is 2.87. The van der Waals surface area contributed by atoms with Crippen LogP contribution in [0.2, 0.25) is 0 Å². The van der Waals surface area contributed by atoms with E-state index in [1.807, 2.05) is 19.9 Å². The Kier molecular flexibility index (Phi) is 3.63. The molecule has 0 saturated heterocycles. The van der Waals surface area contributed by atoms with E-state index in [9.17, 15) is 14.1 Å². The lowest BCUT2D eigenvalue weighted by Crippen LogP contribution is -2.66. The third-order valence-electron chi connectivity index (χ3n) is 7.46. The zero-order valence-electron chi connectivity index (χ0n) is 14.9. The van der Waals surface area contributed by atoms with E-state index >= 15 is 4.39 Å². The molecule has 0 heterocycles. The summed E-state index contributed by atoms with van der Waals surface area (Å²) in [5, 5.41) is 11.0. The molecular formula is C20H25FO3S. The normalized spacial score (nSPS) is 49.6. The molecule has 2 saturated carbocycles. The summed E-state index contributed by atoms with van der Waals surface area (Å²) in [6.07, 6.45) is 9.48. The highest BCUT2D eigenvalue weighted by atomic mass is 32.2. The zero-order valence-corrected chi connectivity index (χ0v) is 15.7. The van der Waals surface area contributed by atoms with Crippen LogP contribution in [-0.4, -0.2) is 33.1 Å². The highest BCUT2D eigenvalue weighted by Crippen LogP contribution is 2.67. The third kappa shape index (κ3) is 2.00. The quantitative estimate of drug-likeness (QED) is 0.777. The molecule has 0 aromatic heterocycles. The van der Waals surface area contributed by atoms with E-state index in [1.54, 1.807) is 18.4 Å². The van der Waals surface area contributed by atoms with Crippen molar-refractivity contribution in [2.24, 2.45) is 22.7 Å². The van der Waals surface area contributed by atoms with Crippen LogP contribution in [0.25, 0.3) is 0 Å². The zero-order chi connectivity index (χ0) is 18.2. The fourth-order valence-electron chi connectivity index (χ4n) is 6.19. The van der Waals surface area contributed by atoms with Crippen LogP contribution in [0.5, 0.6) is 0 Å². The molecule has 5 heteroatoms. The third-order valence-corrected chi connectivity index (χ3v) is 8.71. The number of allylic oxidation sites excluding steroid dienone is 6.